The van der Waals surface area contributed by atoms with E-state index in [2.05, 4.69) is 5.32 Å². The molecule has 0 aromatic heterocycles. The van der Waals surface area contributed by atoms with Crippen LogP contribution in [0.5, 0.6) is 0 Å². The van der Waals surface area contributed by atoms with Gasteiger partial charge in [-0.25, -0.2) is 0 Å². The Morgan fingerprint density at radius 2 is 2.08 bits per heavy atom. The highest BCUT2D eigenvalue weighted by atomic mass is 35.5. The van der Waals surface area contributed by atoms with E-state index in [0.717, 1.165) is 11.3 Å². The predicted octanol–water partition coefficient (Wildman–Crippen LogP) is 2.09. The fourth-order valence-electron chi connectivity index (χ4n) is 1.36. The van der Waals surface area contributed by atoms with Crippen molar-refractivity contribution >= 4 is 23.2 Å². The standard InChI is InChI=1S/C9H8ClNO/c1-9(10)6-4-2-3-5-7(6)11-8(9)12/h2-5H,1H3,(H,11,12). The molecule has 0 saturated carbocycles. The van der Waals surface area contributed by atoms with Gasteiger partial charge in [-0.1, -0.05) is 18.2 Å². The van der Waals surface area contributed by atoms with Crippen molar-refractivity contribution in [1.29, 1.82) is 0 Å². The SMILES string of the molecule is CC1(Cl)C(=O)Nc2ccccc21. The van der Waals surface area contributed by atoms with Gasteiger partial charge in [-0.05, 0) is 13.0 Å². The van der Waals surface area contributed by atoms with Gasteiger partial charge in [0.25, 0.3) is 0 Å². The molecule has 0 radical (unpaired) electrons. The molecular formula is C9H8ClNO. The molecule has 3 heteroatoms. The Kier molecular flexibility index (Phi) is 1.42. The number of benzene rings is 1. The third kappa shape index (κ3) is 0.847. The zero-order chi connectivity index (χ0) is 8.77. The molecule has 0 fully saturated rings. The second kappa shape index (κ2) is 2.23. The maximum absolute atomic E-state index is 11.3. The molecule has 1 N–H and O–H groups in total. The van der Waals surface area contributed by atoms with E-state index >= 15 is 0 Å². The Morgan fingerprint density at radius 3 is 2.75 bits per heavy atom. The van der Waals surface area contributed by atoms with Crippen LogP contribution in [0.4, 0.5) is 5.69 Å². The summed E-state index contributed by atoms with van der Waals surface area (Å²) in [5.41, 5.74) is 1.68. The molecule has 1 unspecified atom stereocenters. The minimum absolute atomic E-state index is 0.148. The van der Waals surface area contributed by atoms with Gasteiger partial charge >= 0.3 is 0 Å². The fourth-order valence-corrected chi connectivity index (χ4v) is 1.58. The van der Waals surface area contributed by atoms with E-state index in [1.54, 1.807) is 6.92 Å². The number of anilines is 1. The van der Waals surface area contributed by atoms with Crippen molar-refractivity contribution in [2.75, 3.05) is 5.32 Å². The molecule has 12 heavy (non-hydrogen) atoms. The molecule has 1 aliphatic heterocycles. The van der Waals surface area contributed by atoms with Crippen LogP contribution in [-0.2, 0) is 9.67 Å². The topological polar surface area (TPSA) is 29.1 Å². The zero-order valence-corrected chi connectivity index (χ0v) is 7.35. The molecule has 2 rings (SSSR count). The van der Waals surface area contributed by atoms with Crippen molar-refractivity contribution in [3.8, 4) is 0 Å². The molecule has 1 aromatic rings. The van der Waals surface area contributed by atoms with E-state index in [1.165, 1.54) is 0 Å². The van der Waals surface area contributed by atoms with E-state index in [-0.39, 0.29) is 5.91 Å². The van der Waals surface area contributed by atoms with Gasteiger partial charge < -0.3 is 5.32 Å². The van der Waals surface area contributed by atoms with E-state index in [1.807, 2.05) is 24.3 Å². The van der Waals surface area contributed by atoms with Crippen molar-refractivity contribution in [3.63, 3.8) is 0 Å². The van der Waals surface area contributed by atoms with Gasteiger partial charge in [0.1, 0.15) is 4.87 Å². The second-order valence-electron chi connectivity index (χ2n) is 3.00. The van der Waals surface area contributed by atoms with Crippen LogP contribution in [-0.4, -0.2) is 5.91 Å². The Hall–Kier alpha value is -1.02. The third-order valence-electron chi connectivity index (χ3n) is 2.11. The summed E-state index contributed by atoms with van der Waals surface area (Å²) in [5.74, 6) is -0.148. The minimum atomic E-state index is -0.892. The number of hydrogen-bond acceptors (Lipinski definition) is 1. The van der Waals surface area contributed by atoms with Gasteiger partial charge in [-0.15, -0.1) is 11.6 Å². The number of carbonyl (C=O) groups excluding carboxylic acids is 1. The van der Waals surface area contributed by atoms with Crippen molar-refractivity contribution in [3.05, 3.63) is 29.8 Å². The minimum Gasteiger partial charge on any atom is -0.324 e. The largest absolute Gasteiger partial charge is 0.324 e. The van der Waals surface area contributed by atoms with Gasteiger partial charge in [0.05, 0.1) is 0 Å². The number of amides is 1. The van der Waals surface area contributed by atoms with Crippen molar-refractivity contribution in [2.24, 2.45) is 0 Å². The van der Waals surface area contributed by atoms with Crippen LogP contribution >= 0.6 is 11.6 Å². The Morgan fingerprint density at radius 1 is 1.42 bits per heavy atom. The van der Waals surface area contributed by atoms with Crippen molar-refractivity contribution in [1.82, 2.24) is 0 Å². The Labute approximate surface area is 75.5 Å². The highest BCUT2D eigenvalue weighted by Gasteiger charge is 2.40. The predicted molar refractivity (Wildman–Crippen MR) is 48.3 cm³/mol. The number of hydrogen-bond donors (Lipinski definition) is 1. The molecular weight excluding hydrogens is 174 g/mol. The molecule has 1 atom stereocenters. The number of rotatable bonds is 0. The summed E-state index contributed by atoms with van der Waals surface area (Å²) in [5, 5.41) is 2.72. The first-order valence-electron chi connectivity index (χ1n) is 3.72. The summed E-state index contributed by atoms with van der Waals surface area (Å²) in [6, 6.07) is 7.46. The van der Waals surface area contributed by atoms with E-state index in [4.69, 9.17) is 11.6 Å². The van der Waals surface area contributed by atoms with E-state index in [9.17, 15) is 4.79 Å². The lowest BCUT2D eigenvalue weighted by molar-refractivity contribution is -0.117. The van der Waals surface area contributed by atoms with Crippen molar-refractivity contribution in [2.45, 2.75) is 11.8 Å². The Bertz CT molecular complexity index is 346. The number of carbonyl (C=O) groups is 1. The van der Waals surface area contributed by atoms with Crippen LogP contribution in [0.15, 0.2) is 24.3 Å². The van der Waals surface area contributed by atoms with Gasteiger partial charge in [0.15, 0.2) is 0 Å². The fraction of sp³-hybridized carbons (Fsp3) is 0.222. The normalized spacial score (nSPS) is 26.7. The third-order valence-corrected chi connectivity index (χ3v) is 2.48. The highest BCUT2D eigenvalue weighted by molar-refractivity contribution is 6.38. The van der Waals surface area contributed by atoms with Crippen LogP contribution in [0.2, 0.25) is 0 Å². The summed E-state index contributed by atoms with van der Waals surface area (Å²) >= 11 is 6.04. The van der Waals surface area contributed by atoms with Gasteiger partial charge in [0.2, 0.25) is 5.91 Å². The maximum atomic E-state index is 11.3. The van der Waals surface area contributed by atoms with E-state index in [0.29, 0.717) is 0 Å². The lowest BCUT2D eigenvalue weighted by atomic mass is 10.0. The lowest BCUT2D eigenvalue weighted by Gasteiger charge is -2.11. The molecule has 1 aliphatic rings. The number of fused-ring (bicyclic) bond motifs is 1. The summed E-state index contributed by atoms with van der Waals surface area (Å²) in [6.45, 7) is 1.70. The first kappa shape index (κ1) is 7.62. The number of nitrogens with one attached hydrogen (secondary N) is 1. The smallest absolute Gasteiger partial charge is 0.249 e. The van der Waals surface area contributed by atoms with Gasteiger partial charge in [-0.3, -0.25) is 4.79 Å². The van der Waals surface area contributed by atoms with Gasteiger partial charge in [0, 0.05) is 11.3 Å². The zero-order valence-electron chi connectivity index (χ0n) is 6.60. The molecule has 1 heterocycles. The average Bonchev–Trinajstić information content (AvgIpc) is 2.25. The number of halogens is 1. The summed E-state index contributed by atoms with van der Waals surface area (Å²) in [4.78, 5) is 10.4. The van der Waals surface area contributed by atoms with Crippen LogP contribution in [0.3, 0.4) is 0 Å². The summed E-state index contributed by atoms with van der Waals surface area (Å²) < 4.78 is 0. The van der Waals surface area contributed by atoms with Gasteiger partial charge in [-0.2, -0.15) is 0 Å². The second-order valence-corrected chi connectivity index (χ2v) is 3.76. The first-order chi connectivity index (χ1) is 5.62. The molecule has 62 valence electrons. The highest BCUT2D eigenvalue weighted by Crippen LogP contribution is 2.40. The van der Waals surface area contributed by atoms with Crippen LogP contribution in [0.25, 0.3) is 0 Å². The molecule has 1 aromatic carbocycles. The summed E-state index contributed by atoms with van der Waals surface area (Å²) in [7, 11) is 0. The van der Waals surface area contributed by atoms with Crippen LogP contribution < -0.4 is 5.32 Å². The average molecular weight is 182 g/mol. The Balaban J connectivity index is 2.63. The number of alkyl halides is 1. The van der Waals surface area contributed by atoms with Crippen LogP contribution in [0.1, 0.15) is 12.5 Å². The lowest BCUT2D eigenvalue weighted by Crippen LogP contribution is -2.24. The van der Waals surface area contributed by atoms with Crippen LogP contribution in [0, 0.1) is 0 Å². The molecule has 0 bridgehead atoms. The quantitative estimate of drug-likeness (QED) is 0.611. The van der Waals surface area contributed by atoms with Crippen molar-refractivity contribution < 1.29 is 4.79 Å². The number of para-hydroxylation sites is 1. The maximum Gasteiger partial charge on any atom is 0.249 e. The molecule has 2 nitrogen and oxygen atoms in total. The molecule has 0 aliphatic carbocycles. The molecule has 0 saturated heterocycles. The molecule has 1 amide bonds. The first-order valence-corrected chi connectivity index (χ1v) is 4.10. The van der Waals surface area contributed by atoms with E-state index < -0.39 is 4.87 Å². The molecule has 0 spiro atoms. The summed E-state index contributed by atoms with van der Waals surface area (Å²) in [6.07, 6.45) is 0. The monoisotopic (exact) mass is 181 g/mol.